The standard InChI is InChI=1S/C12H18ClNO5S2/c1-9(4-3-7-15)14-21(18,19)12-8-10(20(2,16)17)5-6-11(12)13/h5-6,8-9,14-15H,3-4,7H2,1-2H3. The molecule has 0 saturated carbocycles. The summed E-state index contributed by atoms with van der Waals surface area (Å²) in [5.41, 5.74) is 0. The van der Waals surface area contributed by atoms with Crippen molar-refractivity contribution in [1.82, 2.24) is 4.72 Å². The van der Waals surface area contributed by atoms with E-state index in [-0.39, 0.29) is 21.4 Å². The van der Waals surface area contributed by atoms with E-state index in [1.54, 1.807) is 6.92 Å². The Morgan fingerprint density at radius 1 is 1.29 bits per heavy atom. The molecule has 0 aliphatic heterocycles. The molecule has 21 heavy (non-hydrogen) atoms. The quantitative estimate of drug-likeness (QED) is 0.765. The molecule has 0 aliphatic carbocycles. The summed E-state index contributed by atoms with van der Waals surface area (Å²) >= 11 is 5.86. The van der Waals surface area contributed by atoms with Gasteiger partial charge in [0.05, 0.1) is 9.92 Å². The average Bonchev–Trinajstić information content (AvgIpc) is 2.34. The van der Waals surface area contributed by atoms with Crippen LogP contribution in [0, 0.1) is 0 Å². The van der Waals surface area contributed by atoms with Crippen LogP contribution in [0.4, 0.5) is 0 Å². The largest absolute Gasteiger partial charge is 0.396 e. The van der Waals surface area contributed by atoms with Gasteiger partial charge in [0.15, 0.2) is 9.84 Å². The summed E-state index contributed by atoms with van der Waals surface area (Å²) in [5, 5.41) is 8.68. The van der Waals surface area contributed by atoms with Crippen molar-refractivity contribution in [3.05, 3.63) is 23.2 Å². The first kappa shape index (κ1) is 18.4. The molecule has 0 radical (unpaired) electrons. The van der Waals surface area contributed by atoms with E-state index in [1.165, 1.54) is 12.1 Å². The maximum atomic E-state index is 12.3. The molecule has 1 aromatic rings. The van der Waals surface area contributed by atoms with Crippen LogP contribution in [-0.2, 0) is 19.9 Å². The maximum absolute atomic E-state index is 12.3. The van der Waals surface area contributed by atoms with Crippen molar-refractivity contribution in [3.8, 4) is 0 Å². The zero-order valence-corrected chi connectivity index (χ0v) is 14.1. The summed E-state index contributed by atoms with van der Waals surface area (Å²) in [6.45, 7) is 1.62. The molecule has 0 heterocycles. The normalized spacial score (nSPS) is 14.1. The van der Waals surface area contributed by atoms with Crippen molar-refractivity contribution in [2.45, 2.75) is 35.6 Å². The van der Waals surface area contributed by atoms with Crippen molar-refractivity contribution < 1.29 is 21.9 Å². The molecule has 0 saturated heterocycles. The number of halogens is 1. The molecule has 1 aromatic carbocycles. The van der Waals surface area contributed by atoms with Crippen molar-refractivity contribution in [3.63, 3.8) is 0 Å². The lowest BCUT2D eigenvalue weighted by Gasteiger charge is -2.15. The Morgan fingerprint density at radius 2 is 1.90 bits per heavy atom. The number of sulfone groups is 1. The molecular formula is C12H18ClNO5S2. The molecule has 0 bridgehead atoms. The number of benzene rings is 1. The van der Waals surface area contributed by atoms with Gasteiger partial charge < -0.3 is 5.11 Å². The van der Waals surface area contributed by atoms with E-state index in [0.29, 0.717) is 12.8 Å². The second kappa shape index (κ2) is 7.06. The SMILES string of the molecule is CC(CCCO)NS(=O)(=O)c1cc(S(C)(=O)=O)ccc1Cl. The van der Waals surface area contributed by atoms with Crippen LogP contribution in [0.3, 0.4) is 0 Å². The summed E-state index contributed by atoms with van der Waals surface area (Å²) in [4.78, 5) is -0.391. The molecule has 9 heteroatoms. The Morgan fingerprint density at radius 3 is 2.43 bits per heavy atom. The molecule has 0 aliphatic rings. The van der Waals surface area contributed by atoms with Gasteiger partial charge in [0.2, 0.25) is 10.0 Å². The minimum Gasteiger partial charge on any atom is -0.396 e. The Labute approximate surface area is 130 Å². The number of hydrogen-bond acceptors (Lipinski definition) is 5. The summed E-state index contributed by atoms with van der Waals surface area (Å²) in [6.07, 6.45) is 1.91. The van der Waals surface area contributed by atoms with Crippen molar-refractivity contribution in [2.24, 2.45) is 0 Å². The van der Waals surface area contributed by atoms with Crippen molar-refractivity contribution >= 4 is 31.5 Å². The van der Waals surface area contributed by atoms with Gasteiger partial charge in [0.1, 0.15) is 4.90 Å². The van der Waals surface area contributed by atoms with Crippen LogP contribution in [0.25, 0.3) is 0 Å². The van der Waals surface area contributed by atoms with Gasteiger partial charge in [-0.3, -0.25) is 0 Å². The summed E-state index contributed by atoms with van der Waals surface area (Å²) in [7, 11) is -7.46. The van der Waals surface area contributed by atoms with Gasteiger partial charge >= 0.3 is 0 Å². The monoisotopic (exact) mass is 355 g/mol. The first-order chi connectivity index (χ1) is 9.58. The number of aliphatic hydroxyl groups excluding tert-OH is 1. The van der Waals surface area contributed by atoms with Crippen molar-refractivity contribution in [1.29, 1.82) is 0 Å². The third-order valence-corrected chi connectivity index (χ3v) is 5.95. The molecular weight excluding hydrogens is 338 g/mol. The predicted octanol–water partition coefficient (Wildman–Crippen LogP) is 1.18. The average molecular weight is 356 g/mol. The highest BCUT2D eigenvalue weighted by atomic mass is 35.5. The molecule has 0 spiro atoms. The third-order valence-electron chi connectivity index (χ3n) is 2.77. The van der Waals surface area contributed by atoms with Crippen LogP contribution in [0.1, 0.15) is 19.8 Å². The van der Waals surface area contributed by atoms with E-state index in [2.05, 4.69) is 4.72 Å². The first-order valence-corrected chi connectivity index (χ1v) is 9.96. The van der Waals surface area contributed by atoms with Gasteiger partial charge in [0.25, 0.3) is 0 Å². The topological polar surface area (TPSA) is 101 Å². The van der Waals surface area contributed by atoms with Crippen LogP contribution in [0.15, 0.2) is 28.0 Å². The predicted molar refractivity (Wildman–Crippen MR) is 80.7 cm³/mol. The Bertz CT molecular complexity index is 700. The van der Waals surface area contributed by atoms with Crippen LogP contribution >= 0.6 is 11.6 Å². The molecule has 6 nitrogen and oxygen atoms in total. The Balaban J connectivity index is 3.14. The van der Waals surface area contributed by atoms with Crippen LogP contribution in [0.5, 0.6) is 0 Å². The van der Waals surface area contributed by atoms with Gasteiger partial charge in [-0.25, -0.2) is 21.6 Å². The molecule has 120 valence electrons. The van der Waals surface area contributed by atoms with Gasteiger partial charge in [-0.2, -0.15) is 0 Å². The fraction of sp³-hybridized carbons (Fsp3) is 0.500. The van der Waals surface area contributed by atoms with Crippen LogP contribution in [-0.4, -0.2) is 40.8 Å². The first-order valence-electron chi connectivity index (χ1n) is 6.20. The highest BCUT2D eigenvalue weighted by Gasteiger charge is 2.22. The summed E-state index contributed by atoms with van der Waals surface area (Å²) < 4.78 is 49.9. The fourth-order valence-corrected chi connectivity index (χ4v) is 4.23. The molecule has 1 atom stereocenters. The molecule has 0 amide bonds. The van der Waals surface area contributed by atoms with Gasteiger partial charge in [0, 0.05) is 18.9 Å². The lowest BCUT2D eigenvalue weighted by atomic mass is 10.2. The van der Waals surface area contributed by atoms with Gasteiger partial charge in [-0.05, 0) is 38.0 Å². The zero-order valence-electron chi connectivity index (χ0n) is 11.7. The van der Waals surface area contributed by atoms with Crippen LogP contribution in [0.2, 0.25) is 5.02 Å². The Kier molecular flexibility index (Phi) is 6.18. The molecule has 0 fully saturated rings. The highest BCUT2D eigenvalue weighted by Crippen LogP contribution is 2.25. The second-order valence-corrected chi connectivity index (χ2v) is 8.86. The second-order valence-electron chi connectivity index (χ2n) is 4.75. The lowest BCUT2D eigenvalue weighted by Crippen LogP contribution is -2.33. The number of hydrogen-bond donors (Lipinski definition) is 2. The fourth-order valence-electron chi connectivity index (χ4n) is 1.71. The molecule has 1 unspecified atom stereocenters. The zero-order chi connectivity index (χ0) is 16.3. The van der Waals surface area contributed by atoms with E-state index >= 15 is 0 Å². The molecule has 1 rings (SSSR count). The lowest BCUT2D eigenvalue weighted by molar-refractivity contribution is 0.279. The van der Waals surface area contributed by atoms with Crippen LogP contribution < -0.4 is 4.72 Å². The van der Waals surface area contributed by atoms with Crippen molar-refractivity contribution in [2.75, 3.05) is 12.9 Å². The molecule has 2 N–H and O–H groups in total. The summed E-state index contributed by atoms with van der Waals surface area (Å²) in [5.74, 6) is 0. The summed E-state index contributed by atoms with van der Waals surface area (Å²) in [6, 6.07) is 3.13. The van der Waals surface area contributed by atoms with Gasteiger partial charge in [-0.1, -0.05) is 11.6 Å². The number of rotatable bonds is 7. The third kappa shape index (κ3) is 5.23. The van der Waals surface area contributed by atoms with E-state index in [9.17, 15) is 16.8 Å². The maximum Gasteiger partial charge on any atom is 0.242 e. The van der Waals surface area contributed by atoms with E-state index < -0.39 is 25.9 Å². The smallest absolute Gasteiger partial charge is 0.242 e. The van der Waals surface area contributed by atoms with E-state index in [0.717, 1.165) is 12.3 Å². The number of sulfonamides is 1. The Hall–Kier alpha value is -0.670. The van der Waals surface area contributed by atoms with Gasteiger partial charge in [-0.15, -0.1) is 0 Å². The number of nitrogens with one attached hydrogen (secondary N) is 1. The van der Waals surface area contributed by atoms with E-state index in [1.807, 2.05) is 0 Å². The molecule has 0 aromatic heterocycles. The number of aliphatic hydroxyl groups is 1. The minimum atomic E-state index is -3.93. The van der Waals surface area contributed by atoms with E-state index in [4.69, 9.17) is 16.7 Å². The highest BCUT2D eigenvalue weighted by molar-refractivity contribution is 7.91. The minimum absolute atomic E-state index is 0.0314.